The second-order valence-corrected chi connectivity index (χ2v) is 18.9. The van der Waals surface area contributed by atoms with E-state index >= 15 is 0 Å². The molecule has 4 rings (SSSR count). The standard InChI is InChI=1S/C33H43NO4P2/c1-24(2)40(37,25(3)4)31-21-28(32(22-31)38-33(35)34-26(5)27-15-9-6-10-16-27)23-39(36,29-17-11-7-12-18-29)30-19-13-8-14-20-30/h6-20,24-26,28,31-32H,21-23H2,1-5H3,(H,34,35)/t26-,28-,31-,32+/m0/s1. The van der Waals surface area contributed by atoms with Gasteiger partial charge in [0.2, 0.25) is 0 Å². The second-order valence-electron chi connectivity index (χ2n) is 11.7. The van der Waals surface area contributed by atoms with E-state index in [9.17, 15) is 13.9 Å². The van der Waals surface area contributed by atoms with Gasteiger partial charge in [-0.25, -0.2) is 4.79 Å². The molecule has 0 aromatic heterocycles. The number of ether oxygens (including phenoxy) is 1. The zero-order chi connectivity index (χ0) is 28.9. The fraction of sp³-hybridized carbons (Fsp3) is 0.424. The number of carbonyl (C=O) groups is 1. The van der Waals surface area contributed by atoms with Crippen LogP contribution in [-0.2, 0) is 13.9 Å². The highest BCUT2D eigenvalue weighted by molar-refractivity contribution is 7.78. The molecule has 1 saturated carbocycles. The van der Waals surface area contributed by atoms with Crippen LogP contribution in [0.25, 0.3) is 0 Å². The number of hydrogen-bond acceptors (Lipinski definition) is 4. The summed E-state index contributed by atoms with van der Waals surface area (Å²) < 4.78 is 35.5. The van der Waals surface area contributed by atoms with Crippen molar-refractivity contribution in [2.45, 2.75) is 76.6 Å². The molecule has 1 amide bonds. The third-order valence-electron chi connectivity index (χ3n) is 8.52. The zero-order valence-corrected chi connectivity index (χ0v) is 26.1. The lowest BCUT2D eigenvalue weighted by Crippen LogP contribution is -2.34. The first kappa shape index (κ1) is 30.4. The molecule has 1 fully saturated rings. The molecule has 0 aliphatic heterocycles. The van der Waals surface area contributed by atoms with Crippen molar-refractivity contribution >= 4 is 31.0 Å². The van der Waals surface area contributed by atoms with Gasteiger partial charge >= 0.3 is 6.09 Å². The lowest BCUT2D eigenvalue weighted by molar-refractivity contribution is 0.0785. The zero-order valence-electron chi connectivity index (χ0n) is 24.3. The molecule has 4 atom stereocenters. The van der Waals surface area contributed by atoms with Gasteiger partial charge < -0.3 is 19.2 Å². The molecule has 0 saturated heterocycles. The van der Waals surface area contributed by atoms with Crippen LogP contribution in [0.5, 0.6) is 0 Å². The molecule has 0 radical (unpaired) electrons. The fourth-order valence-corrected chi connectivity index (χ4v) is 13.5. The Balaban J connectivity index is 1.65. The first-order valence-electron chi connectivity index (χ1n) is 14.4. The molecular formula is C33H43NO4P2. The topological polar surface area (TPSA) is 72.5 Å². The molecule has 5 nitrogen and oxygen atoms in total. The lowest BCUT2D eigenvalue weighted by Gasteiger charge is -2.32. The van der Waals surface area contributed by atoms with Crippen molar-refractivity contribution in [2.75, 3.05) is 6.16 Å². The molecule has 0 heterocycles. The molecule has 1 N–H and O–H groups in total. The van der Waals surface area contributed by atoms with Crippen molar-refractivity contribution in [3.05, 3.63) is 96.6 Å². The summed E-state index contributed by atoms with van der Waals surface area (Å²) in [6.45, 7) is 10.1. The maximum Gasteiger partial charge on any atom is 0.407 e. The number of amides is 1. The molecule has 7 heteroatoms. The van der Waals surface area contributed by atoms with Crippen molar-refractivity contribution in [3.8, 4) is 0 Å². The van der Waals surface area contributed by atoms with E-state index < -0.39 is 26.5 Å². The molecule has 214 valence electrons. The quantitative estimate of drug-likeness (QED) is 0.249. The Hall–Kier alpha value is -2.61. The van der Waals surface area contributed by atoms with Gasteiger partial charge in [-0.1, -0.05) is 119 Å². The number of hydrogen-bond donors (Lipinski definition) is 1. The number of alkyl carbamates (subject to hydrolysis) is 1. The van der Waals surface area contributed by atoms with E-state index in [1.165, 1.54) is 0 Å². The van der Waals surface area contributed by atoms with E-state index in [4.69, 9.17) is 4.74 Å². The summed E-state index contributed by atoms with van der Waals surface area (Å²) in [5, 5.41) is 4.56. The first-order chi connectivity index (χ1) is 19.1. The summed E-state index contributed by atoms with van der Waals surface area (Å²) in [6.07, 6.45) is 0.544. The van der Waals surface area contributed by atoms with Crippen molar-refractivity contribution in [1.82, 2.24) is 5.32 Å². The number of rotatable bonds is 10. The number of carbonyl (C=O) groups excluding carboxylic acids is 1. The Bertz CT molecular complexity index is 1290. The molecule has 3 aromatic carbocycles. The van der Waals surface area contributed by atoms with Gasteiger partial charge in [-0.2, -0.15) is 0 Å². The summed E-state index contributed by atoms with van der Waals surface area (Å²) in [5.41, 5.74) is 0.960. The Kier molecular flexibility index (Phi) is 9.80. The number of nitrogens with one attached hydrogen (secondary N) is 1. The minimum Gasteiger partial charge on any atom is -0.446 e. The first-order valence-corrected chi connectivity index (χ1v) is 18.2. The highest BCUT2D eigenvalue weighted by atomic mass is 31.2. The molecule has 1 aliphatic rings. The summed E-state index contributed by atoms with van der Waals surface area (Å²) in [5.74, 6) is -0.181. The molecule has 40 heavy (non-hydrogen) atoms. The van der Waals surface area contributed by atoms with E-state index in [0.717, 1.165) is 16.2 Å². The van der Waals surface area contributed by atoms with Crippen molar-refractivity contribution in [1.29, 1.82) is 0 Å². The average molecular weight is 580 g/mol. The minimum absolute atomic E-state index is 0.0267. The summed E-state index contributed by atoms with van der Waals surface area (Å²) in [6, 6.07) is 28.8. The summed E-state index contributed by atoms with van der Waals surface area (Å²) in [7, 11) is -5.67. The van der Waals surface area contributed by atoms with Gasteiger partial charge in [-0.05, 0) is 25.3 Å². The normalized spacial score (nSPS) is 20.4. The van der Waals surface area contributed by atoms with Gasteiger partial charge in [0.1, 0.15) is 13.2 Å². The van der Waals surface area contributed by atoms with Crippen molar-refractivity contribution in [3.63, 3.8) is 0 Å². The van der Waals surface area contributed by atoms with Crippen LogP contribution in [0.15, 0.2) is 91.0 Å². The van der Waals surface area contributed by atoms with E-state index in [2.05, 4.69) is 5.32 Å². The Morgan fingerprint density at radius 2 is 1.25 bits per heavy atom. The highest BCUT2D eigenvalue weighted by Gasteiger charge is 2.49. The van der Waals surface area contributed by atoms with Crippen LogP contribution in [0.2, 0.25) is 0 Å². The third-order valence-corrected chi connectivity index (χ3v) is 16.6. The SMILES string of the molecule is CC(C)P(=O)(C(C)C)[C@H]1C[C@@H](CP(=O)(c2ccccc2)c2ccccc2)[C@H](OC(=O)N[C@@H](C)c2ccccc2)C1. The van der Waals surface area contributed by atoms with Crippen LogP contribution in [0.3, 0.4) is 0 Å². The molecular weight excluding hydrogens is 536 g/mol. The van der Waals surface area contributed by atoms with Gasteiger partial charge in [-0.15, -0.1) is 0 Å². The minimum atomic E-state index is -3.06. The predicted molar refractivity (Wildman–Crippen MR) is 167 cm³/mol. The third kappa shape index (κ3) is 6.48. The molecule has 3 aromatic rings. The maximum atomic E-state index is 15.0. The summed E-state index contributed by atoms with van der Waals surface area (Å²) in [4.78, 5) is 13.2. The Labute approximate surface area is 239 Å². The van der Waals surface area contributed by atoms with Crippen molar-refractivity contribution in [2.24, 2.45) is 5.92 Å². The monoisotopic (exact) mass is 579 g/mol. The summed E-state index contributed by atoms with van der Waals surface area (Å²) >= 11 is 0. The van der Waals surface area contributed by atoms with E-state index in [1.807, 2.05) is 126 Å². The van der Waals surface area contributed by atoms with Gasteiger partial charge in [-0.3, -0.25) is 0 Å². The number of benzene rings is 3. The predicted octanol–water partition coefficient (Wildman–Crippen LogP) is 7.82. The molecule has 0 bridgehead atoms. The average Bonchev–Trinajstić information content (AvgIpc) is 3.35. The van der Waals surface area contributed by atoms with Crippen LogP contribution in [-0.4, -0.2) is 35.3 Å². The fourth-order valence-electron chi connectivity index (χ4n) is 6.36. The Morgan fingerprint density at radius 1 is 0.775 bits per heavy atom. The van der Waals surface area contributed by atoms with Gasteiger partial charge in [0.15, 0.2) is 0 Å². The van der Waals surface area contributed by atoms with Crippen LogP contribution < -0.4 is 15.9 Å². The maximum absolute atomic E-state index is 15.0. The molecule has 0 spiro atoms. The smallest absolute Gasteiger partial charge is 0.407 e. The lowest BCUT2D eigenvalue weighted by atomic mass is 10.1. The molecule has 1 aliphatic carbocycles. The van der Waals surface area contributed by atoms with Crippen molar-refractivity contribution < 1.29 is 18.7 Å². The van der Waals surface area contributed by atoms with E-state index in [1.54, 1.807) is 0 Å². The van der Waals surface area contributed by atoms with E-state index in [-0.39, 0.29) is 28.9 Å². The molecule has 0 unspecified atom stereocenters. The van der Waals surface area contributed by atoms with Gasteiger partial charge in [0.05, 0.1) is 13.2 Å². The van der Waals surface area contributed by atoms with Crippen LogP contribution in [0.4, 0.5) is 4.79 Å². The van der Waals surface area contributed by atoms with Gasteiger partial charge in [0.25, 0.3) is 0 Å². The second kappa shape index (κ2) is 12.9. The van der Waals surface area contributed by atoms with E-state index in [0.29, 0.717) is 19.0 Å². The largest absolute Gasteiger partial charge is 0.446 e. The Morgan fingerprint density at radius 3 is 1.73 bits per heavy atom. The van der Waals surface area contributed by atoms with Crippen LogP contribution >= 0.6 is 14.3 Å². The van der Waals surface area contributed by atoms with Crippen LogP contribution in [0, 0.1) is 5.92 Å². The van der Waals surface area contributed by atoms with Gasteiger partial charge in [0, 0.05) is 39.7 Å². The highest BCUT2D eigenvalue weighted by Crippen LogP contribution is 2.65. The van der Waals surface area contributed by atoms with Crippen LogP contribution in [0.1, 0.15) is 59.1 Å².